The predicted octanol–water partition coefficient (Wildman–Crippen LogP) is 3.42. The molecule has 0 aliphatic carbocycles. The molecule has 0 heterocycles. The number of carboxylic acids is 1. The first-order valence-electron chi connectivity index (χ1n) is 5.49. The molecule has 0 fully saturated rings. The second kappa shape index (κ2) is 5.00. The lowest BCUT2D eigenvalue weighted by Crippen LogP contribution is -2.32. The van der Waals surface area contributed by atoms with Crippen LogP contribution in [0, 0.1) is 26.7 Å². The smallest absolute Gasteiger partial charge is 0.402 e. The number of benzene rings is 1. The van der Waals surface area contributed by atoms with Gasteiger partial charge in [0.05, 0.1) is 0 Å². The van der Waals surface area contributed by atoms with Crippen molar-refractivity contribution in [3.63, 3.8) is 0 Å². The Hall–Kier alpha value is -1.52. The molecule has 0 saturated carbocycles. The van der Waals surface area contributed by atoms with Gasteiger partial charge in [-0.05, 0) is 43.9 Å². The van der Waals surface area contributed by atoms with Gasteiger partial charge in [-0.3, -0.25) is 4.79 Å². The van der Waals surface area contributed by atoms with Crippen molar-refractivity contribution in [1.82, 2.24) is 0 Å². The maximum absolute atomic E-state index is 12.6. The summed E-state index contributed by atoms with van der Waals surface area (Å²) in [6.45, 7) is 5.25. The van der Waals surface area contributed by atoms with Gasteiger partial charge >= 0.3 is 12.1 Å². The predicted molar refractivity (Wildman–Crippen MR) is 61.5 cm³/mol. The van der Waals surface area contributed by atoms with Crippen LogP contribution in [-0.2, 0) is 11.2 Å². The minimum Gasteiger partial charge on any atom is -0.481 e. The highest BCUT2D eigenvalue weighted by Crippen LogP contribution is 2.31. The number of carbonyl (C=O) groups is 1. The zero-order valence-corrected chi connectivity index (χ0v) is 10.4. The standard InChI is InChI=1S/C13H15F3O2/c1-7-4-8(2)10(9(3)5-7)6-11(12(17)18)13(14,15)16/h4-5,11H,6H2,1-3H3,(H,17,18). The third-order valence-electron chi connectivity index (χ3n) is 2.94. The van der Waals surface area contributed by atoms with E-state index in [1.807, 2.05) is 6.92 Å². The summed E-state index contributed by atoms with van der Waals surface area (Å²) in [6, 6.07) is 3.52. The van der Waals surface area contributed by atoms with Gasteiger partial charge < -0.3 is 5.11 Å². The quantitative estimate of drug-likeness (QED) is 0.904. The highest BCUT2D eigenvalue weighted by Gasteiger charge is 2.45. The molecule has 0 amide bonds. The average Bonchev–Trinajstić information content (AvgIpc) is 2.12. The van der Waals surface area contributed by atoms with Crippen molar-refractivity contribution < 1.29 is 23.1 Å². The van der Waals surface area contributed by atoms with E-state index in [0.717, 1.165) is 5.56 Å². The Bertz CT molecular complexity index is 441. The molecule has 1 atom stereocenters. The molecule has 0 saturated heterocycles. The minimum atomic E-state index is -4.73. The fourth-order valence-corrected chi connectivity index (χ4v) is 2.08. The lowest BCUT2D eigenvalue weighted by atomic mass is 9.91. The van der Waals surface area contributed by atoms with Crippen molar-refractivity contribution in [1.29, 1.82) is 0 Å². The van der Waals surface area contributed by atoms with Crippen LogP contribution in [0.25, 0.3) is 0 Å². The number of aryl methyl sites for hydroxylation is 3. The van der Waals surface area contributed by atoms with Gasteiger partial charge in [-0.15, -0.1) is 0 Å². The third-order valence-corrected chi connectivity index (χ3v) is 2.94. The van der Waals surface area contributed by atoms with Crippen LogP contribution >= 0.6 is 0 Å². The summed E-state index contributed by atoms with van der Waals surface area (Å²) in [5, 5.41) is 8.69. The first-order valence-corrected chi connectivity index (χ1v) is 5.49. The van der Waals surface area contributed by atoms with Gasteiger partial charge in [0, 0.05) is 0 Å². The zero-order valence-electron chi connectivity index (χ0n) is 10.4. The molecule has 100 valence electrons. The van der Waals surface area contributed by atoms with Crippen LogP contribution in [0.4, 0.5) is 13.2 Å². The fraction of sp³-hybridized carbons (Fsp3) is 0.462. The second-order valence-corrected chi connectivity index (χ2v) is 4.51. The van der Waals surface area contributed by atoms with E-state index in [0.29, 0.717) is 16.7 Å². The molecule has 5 heteroatoms. The van der Waals surface area contributed by atoms with E-state index >= 15 is 0 Å². The summed E-state index contributed by atoms with van der Waals surface area (Å²) >= 11 is 0. The van der Waals surface area contributed by atoms with Gasteiger partial charge in [0.1, 0.15) is 0 Å². The van der Waals surface area contributed by atoms with E-state index < -0.39 is 24.5 Å². The number of hydrogen-bond acceptors (Lipinski definition) is 1. The number of halogens is 3. The van der Waals surface area contributed by atoms with Crippen molar-refractivity contribution in [2.24, 2.45) is 5.92 Å². The Kier molecular flexibility index (Phi) is 4.04. The van der Waals surface area contributed by atoms with Crippen LogP contribution in [0.2, 0.25) is 0 Å². The van der Waals surface area contributed by atoms with Gasteiger partial charge in [0.15, 0.2) is 5.92 Å². The summed E-state index contributed by atoms with van der Waals surface area (Å²) in [4.78, 5) is 10.7. The minimum absolute atomic E-state index is 0.463. The van der Waals surface area contributed by atoms with Gasteiger partial charge in [0.2, 0.25) is 0 Å². The maximum atomic E-state index is 12.6. The van der Waals surface area contributed by atoms with Crippen molar-refractivity contribution in [2.75, 3.05) is 0 Å². The number of alkyl halides is 3. The Morgan fingerprint density at radius 1 is 1.22 bits per heavy atom. The van der Waals surface area contributed by atoms with Crippen molar-refractivity contribution in [3.8, 4) is 0 Å². The molecule has 1 rings (SSSR count). The Labute approximate surface area is 103 Å². The fourth-order valence-electron chi connectivity index (χ4n) is 2.08. The van der Waals surface area contributed by atoms with Crippen molar-refractivity contribution in [2.45, 2.75) is 33.4 Å². The van der Waals surface area contributed by atoms with E-state index in [1.165, 1.54) is 0 Å². The zero-order chi connectivity index (χ0) is 14.1. The molecule has 0 aliphatic heterocycles. The number of rotatable bonds is 3. The van der Waals surface area contributed by atoms with Crippen LogP contribution in [0.3, 0.4) is 0 Å². The van der Waals surface area contributed by atoms with E-state index in [4.69, 9.17) is 5.11 Å². The summed E-state index contributed by atoms with van der Waals surface area (Å²) in [6.07, 6.45) is -5.24. The molecule has 0 spiro atoms. The molecule has 0 radical (unpaired) electrons. The molecule has 1 N–H and O–H groups in total. The first-order chi connectivity index (χ1) is 8.12. The van der Waals surface area contributed by atoms with Crippen LogP contribution in [0.5, 0.6) is 0 Å². The maximum Gasteiger partial charge on any atom is 0.402 e. The van der Waals surface area contributed by atoms with Gasteiger partial charge in [-0.2, -0.15) is 13.2 Å². The molecular formula is C13H15F3O2. The van der Waals surface area contributed by atoms with Gasteiger partial charge in [0.25, 0.3) is 0 Å². The molecule has 0 aliphatic rings. The SMILES string of the molecule is Cc1cc(C)c(CC(C(=O)O)C(F)(F)F)c(C)c1. The van der Waals surface area contributed by atoms with Crippen LogP contribution in [0.15, 0.2) is 12.1 Å². The second-order valence-electron chi connectivity index (χ2n) is 4.51. The number of carboxylic acid groups (broad SMARTS) is 1. The van der Waals surface area contributed by atoms with Gasteiger partial charge in [-0.25, -0.2) is 0 Å². The Morgan fingerprint density at radius 3 is 2.00 bits per heavy atom. The molecule has 18 heavy (non-hydrogen) atoms. The summed E-state index contributed by atoms with van der Waals surface area (Å²) in [7, 11) is 0. The molecule has 1 aromatic rings. The molecular weight excluding hydrogens is 245 g/mol. The molecule has 1 aromatic carbocycles. The molecule has 0 bridgehead atoms. The number of aliphatic carboxylic acids is 1. The van der Waals surface area contributed by atoms with Crippen LogP contribution in [0.1, 0.15) is 22.3 Å². The summed E-state index contributed by atoms with van der Waals surface area (Å²) < 4.78 is 37.9. The molecule has 1 unspecified atom stereocenters. The largest absolute Gasteiger partial charge is 0.481 e. The number of hydrogen-bond donors (Lipinski definition) is 1. The summed E-state index contributed by atoms with van der Waals surface area (Å²) in [5.41, 5.74) is 2.81. The highest BCUT2D eigenvalue weighted by atomic mass is 19.4. The van der Waals surface area contributed by atoms with E-state index in [-0.39, 0.29) is 0 Å². The lowest BCUT2D eigenvalue weighted by Gasteiger charge is -2.19. The van der Waals surface area contributed by atoms with Gasteiger partial charge in [-0.1, -0.05) is 17.7 Å². The first kappa shape index (κ1) is 14.5. The van der Waals surface area contributed by atoms with E-state index in [9.17, 15) is 18.0 Å². The Morgan fingerprint density at radius 2 is 1.67 bits per heavy atom. The van der Waals surface area contributed by atoms with E-state index in [1.54, 1.807) is 26.0 Å². The lowest BCUT2D eigenvalue weighted by molar-refractivity contribution is -0.193. The van der Waals surface area contributed by atoms with Crippen molar-refractivity contribution in [3.05, 3.63) is 34.4 Å². The third kappa shape index (κ3) is 3.24. The topological polar surface area (TPSA) is 37.3 Å². The normalized spacial score (nSPS) is 13.4. The van der Waals surface area contributed by atoms with Crippen molar-refractivity contribution >= 4 is 5.97 Å². The highest BCUT2D eigenvalue weighted by molar-refractivity contribution is 5.71. The van der Waals surface area contributed by atoms with Crippen LogP contribution in [-0.4, -0.2) is 17.3 Å². The molecule has 2 nitrogen and oxygen atoms in total. The Balaban J connectivity index is 3.13. The van der Waals surface area contributed by atoms with E-state index in [2.05, 4.69) is 0 Å². The molecule has 0 aromatic heterocycles. The average molecular weight is 260 g/mol. The summed E-state index contributed by atoms with van der Waals surface area (Å²) in [5.74, 6) is -4.18. The monoisotopic (exact) mass is 260 g/mol. The van der Waals surface area contributed by atoms with Crippen LogP contribution < -0.4 is 0 Å².